The lowest BCUT2D eigenvalue weighted by molar-refractivity contribution is -0.140. The van der Waals surface area contributed by atoms with E-state index < -0.39 is 5.97 Å². The second-order valence-corrected chi connectivity index (χ2v) is 3.74. The molecule has 14 heavy (non-hydrogen) atoms. The van der Waals surface area contributed by atoms with Gasteiger partial charge in [-0.25, -0.2) is 0 Å². The van der Waals surface area contributed by atoms with Crippen molar-refractivity contribution >= 4 is 5.97 Å². The van der Waals surface area contributed by atoms with Gasteiger partial charge in [0, 0.05) is 6.04 Å². The lowest BCUT2D eigenvalue weighted by Gasteiger charge is -2.35. The van der Waals surface area contributed by atoms with E-state index in [-0.39, 0.29) is 6.04 Å². The minimum Gasteiger partial charge on any atom is -0.480 e. The van der Waals surface area contributed by atoms with Crippen molar-refractivity contribution in [1.29, 1.82) is 0 Å². The van der Waals surface area contributed by atoms with E-state index in [9.17, 15) is 4.79 Å². The lowest BCUT2D eigenvalue weighted by atomic mass is 9.98. The van der Waals surface area contributed by atoms with Crippen LogP contribution in [0.5, 0.6) is 0 Å². The van der Waals surface area contributed by atoms with Crippen molar-refractivity contribution in [2.45, 2.75) is 38.8 Å². The molecule has 0 spiro atoms. The van der Waals surface area contributed by atoms with Gasteiger partial charge < -0.3 is 15.3 Å². The third-order valence-electron chi connectivity index (χ3n) is 3.00. The number of nitrogens with one attached hydrogen (secondary N) is 1. The van der Waals surface area contributed by atoms with Gasteiger partial charge in [-0.2, -0.15) is 0 Å². The highest BCUT2D eigenvalue weighted by molar-refractivity contribution is 5.73. The first-order chi connectivity index (χ1) is 6.69. The van der Waals surface area contributed by atoms with Crippen LogP contribution in [0.4, 0.5) is 0 Å². The highest BCUT2D eigenvalue weighted by Crippen LogP contribution is 2.15. The predicted octanol–water partition coefficient (Wildman–Crippen LogP) is 0.533. The quantitative estimate of drug-likeness (QED) is 0.695. The third kappa shape index (κ3) is 2.69. The molecule has 1 aliphatic heterocycles. The van der Waals surface area contributed by atoms with Crippen molar-refractivity contribution in [3.05, 3.63) is 0 Å². The molecule has 1 rings (SSSR count). The first kappa shape index (κ1) is 11.5. The molecule has 82 valence electrons. The number of hydrogen-bond acceptors (Lipinski definition) is 3. The Morgan fingerprint density at radius 2 is 2.14 bits per heavy atom. The molecule has 0 aromatic rings. The van der Waals surface area contributed by atoms with Crippen LogP contribution in [0.15, 0.2) is 0 Å². The zero-order chi connectivity index (χ0) is 10.6. The van der Waals surface area contributed by atoms with Crippen LogP contribution in [0, 0.1) is 0 Å². The average Bonchev–Trinajstić information content (AvgIpc) is 2.20. The SMILES string of the molecule is CCN(CC)C1CCNC(C(=O)O)C1. The van der Waals surface area contributed by atoms with Gasteiger partial charge in [0.15, 0.2) is 0 Å². The van der Waals surface area contributed by atoms with Gasteiger partial charge in [-0.1, -0.05) is 13.8 Å². The minimum absolute atomic E-state index is 0.352. The molecule has 0 aliphatic carbocycles. The summed E-state index contributed by atoms with van der Waals surface area (Å²) >= 11 is 0. The Hall–Kier alpha value is -0.610. The molecule has 4 heteroatoms. The Morgan fingerprint density at radius 3 is 2.64 bits per heavy atom. The molecule has 1 saturated heterocycles. The van der Waals surface area contributed by atoms with Gasteiger partial charge in [0.25, 0.3) is 0 Å². The summed E-state index contributed by atoms with van der Waals surface area (Å²) in [4.78, 5) is 13.2. The molecule has 2 atom stereocenters. The topological polar surface area (TPSA) is 52.6 Å². The summed E-state index contributed by atoms with van der Waals surface area (Å²) < 4.78 is 0. The van der Waals surface area contributed by atoms with Crippen LogP contribution in [0.2, 0.25) is 0 Å². The number of rotatable bonds is 4. The second-order valence-electron chi connectivity index (χ2n) is 3.74. The Balaban J connectivity index is 2.50. The number of carboxylic acid groups (broad SMARTS) is 1. The summed E-state index contributed by atoms with van der Waals surface area (Å²) in [6, 6.07) is 0.0849. The molecule has 2 N–H and O–H groups in total. The van der Waals surface area contributed by atoms with E-state index in [0.29, 0.717) is 6.04 Å². The molecule has 0 amide bonds. The molecule has 0 radical (unpaired) electrons. The van der Waals surface area contributed by atoms with Crippen molar-refractivity contribution in [3.8, 4) is 0 Å². The molecule has 0 aromatic heterocycles. The number of piperidine rings is 1. The zero-order valence-corrected chi connectivity index (χ0v) is 8.99. The van der Waals surface area contributed by atoms with Gasteiger partial charge in [-0.05, 0) is 32.5 Å². The molecule has 1 heterocycles. The van der Waals surface area contributed by atoms with Crippen molar-refractivity contribution in [1.82, 2.24) is 10.2 Å². The largest absolute Gasteiger partial charge is 0.480 e. The smallest absolute Gasteiger partial charge is 0.320 e. The molecule has 2 unspecified atom stereocenters. The summed E-state index contributed by atoms with van der Waals surface area (Å²) in [7, 11) is 0. The standard InChI is InChI=1S/C10H20N2O2/c1-3-12(4-2)8-5-6-11-9(7-8)10(13)14/h8-9,11H,3-7H2,1-2H3,(H,13,14). The molecule has 0 saturated carbocycles. The highest BCUT2D eigenvalue weighted by Gasteiger charge is 2.28. The van der Waals surface area contributed by atoms with Crippen molar-refractivity contribution in [2.24, 2.45) is 0 Å². The lowest BCUT2D eigenvalue weighted by Crippen LogP contribution is -2.50. The van der Waals surface area contributed by atoms with Crippen LogP contribution in [-0.4, -0.2) is 47.7 Å². The first-order valence-corrected chi connectivity index (χ1v) is 5.39. The Morgan fingerprint density at radius 1 is 1.50 bits per heavy atom. The predicted molar refractivity (Wildman–Crippen MR) is 55.4 cm³/mol. The summed E-state index contributed by atoms with van der Waals surface area (Å²) in [6.07, 6.45) is 1.79. The van der Waals surface area contributed by atoms with Crippen molar-refractivity contribution in [2.75, 3.05) is 19.6 Å². The molecular formula is C10H20N2O2. The fourth-order valence-electron chi connectivity index (χ4n) is 2.16. The number of carbonyl (C=O) groups is 1. The maximum absolute atomic E-state index is 10.8. The molecular weight excluding hydrogens is 180 g/mol. The number of carboxylic acids is 1. The maximum atomic E-state index is 10.8. The van der Waals surface area contributed by atoms with Crippen LogP contribution in [0.1, 0.15) is 26.7 Å². The summed E-state index contributed by atoms with van der Waals surface area (Å²) in [6.45, 7) is 7.09. The Labute approximate surface area is 85.3 Å². The van der Waals surface area contributed by atoms with Gasteiger partial charge in [0.1, 0.15) is 6.04 Å². The van der Waals surface area contributed by atoms with Gasteiger partial charge in [0.05, 0.1) is 0 Å². The monoisotopic (exact) mass is 200 g/mol. The Kier molecular flexibility index (Phi) is 4.35. The third-order valence-corrected chi connectivity index (χ3v) is 3.00. The van der Waals surface area contributed by atoms with E-state index in [1.165, 1.54) is 0 Å². The fraction of sp³-hybridized carbons (Fsp3) is 0.900. The zero-order valence-electron chi connectivity index (χ0n) is 8.99. The van der Waals surface area contributed by atoms with Crippen LogP contribution in [0.3, 0.4) is 0 Å². The van der Waals surface area contributed by atoms with Crippen LogP contribution in [-0.2, 0) is 4.79 Å². The van der Waals surface area contributed by atoms with Gasteiger partial charge >= 0.3 is 5.97 Å². The minimum atomic E-state index is -0.721. The molecule has 0 bridgehead atoms. The average molecular weight is 200 g/mol. The van der Waals surface area contributed by atoms with Crippen molar-refractivity contribution in [3.63, 3.8) is 0 Å². The summed E-state index contributed by atoms with van der Waals surface area (Å²) in [5.41, 5.74) is 0. The number of nitrogens with zero attached hydrogens (tertiary/aromatic N) is 1. The van der Waals surface area contributed by atoms with E-state index in [1.54, 1.807) is 0 Å². The maximum Gasteiger partial charge on any atom is 0.320 e. The van der Waals surface area contributed by atoms with Crippen molar-refractivity contribution < 1.29 is 9.90 Å². The number of hydrogen-bond donors (Lipinski definition) is 2. The molecule has 0 aromatic carbocycles. The van der Waals surface area contributed by atoms with Gasteiger partial charge in [0.2, 0.25) is 0 Å². The van der Waals surface area contributed by atoms with E-state index in [2.05, 4.69) is 24.1 Å². The Bertz CT molecular complexity index is 193. The number of aliphatic carboxylic acids is 1. The summed E-state index contributed by atoms with van der Waals surface area (Å²) in [5.74, 6) is -0.721. The van der Waals surface area contributed by atoms with Crippen LogP contribution < -0.4 is 5.32 Å². The van der Waals surface area contributed by atoms with Gasteiger partial charge in [-0.3, -0.25) is 4.79 Å². The fourth-order valence-corrected chi connectivity index (χ4v) is 2.16. The first-order valence-electron chi connectivity index (χ1n) is 5.39. The van der Waals surface area contributed by atoms with Gasteiger partial charge in [-0.15, -0.1) is 0 Å². The molecule has 1 fully saturated rings. The molecule has 1 aliphatic rings. The van der Waals surface area contributed by atoms with Crippen LogP contribution >= 0.6 is 0 Å². The van der Waals surface area contributed by atoms with E-state index in [4.69, 9.17) is 5.11 Å². The van der Waals surface area contributed by atoms with E-state index in [1.807, 2.05) is 0 Å². The van der Waals surface area contributed by atoms with Crippen LogP contribution in [0.25, 0.3) is 0 Å². The second kappa shape index (κ2) is 5.32. The summed E-state index contributed by atoms with van der Waals surface area (Å²) in [5, 5.41) is 11.9. The molecule has 4 nitrogen and oxygen atoms in total. The normalized spacial score (nSPS) is 27.9. The highest BCUT2D eigenvalue weighted by atomic mass is 16.4. The van der Waals surface area contributed by atoms with E-state index >= 15 is 0 Å². The van der Waals surface area contributed by atoms with E-state index in [0.717, 1.165) is 32.5 Å².